The van der Waals surface area contributed by atoms with Crippen molar-refractivity contribution in [3.63, 3.8) is 0 Å². The molecule has 11 heteroatoms. The van der Waals surface area contributed by atoms with Crippen molar-refractivity contribution in [3.05, 3.63) is 47.2 Å². The first-order chi connectivity index (χ1) is 17.7. The number of rotatable bonds is 9. The van der Waals surface area contributed by atoms with E-state index in [0.29, 0.717) is 35.0 Å². The summed E-state index contributed by atoms with van der Waals surface area (Å²) in [6, 6.07) is 1.21. The molecule has 3 aromatic rings. The maximum Gasteiger partial charge on any atom is 0.257 e. The minimum atomic E-state index is -2.69. The number of aromatic nitrogens is 4. The van der Waals surface area contributed by atoms with Gasteiger partial charge in [-0.15, -0.1) is 0 Å². The molecule has 3 aromatic heterocycles. The summed E-state index contributed by atoms with van der Waals surface area (Å²) < 4.78 is 34.5. The number of nitrogens with zero attached hydrogens (tertiary/aromatic N) is 4. The second-order valence-corrected chi connectivity index (χ2v) is 10.3. The Kier molecular flexibility index (Phi) is 6.96. The molecule has 2 fully saturated rings. The van der Waals surface area contributed by atoms with Crippen LogP contribution in [-0.4, -0.2) is 37.5 Å². The Morgan fingerprint density at radius 1 is 1.14 bits per heavy atom. The molecule has 0 spiro atoms. The molecule has 0 aliphatic heterocycles. The summed E-state index contributed by atoms with van der Waals surface area (Å²) in [6.45, 7) is 3.61. The highest BCUT2D eigenvalue weighted by atomic mass is 19.3. The zero-order chi connectivity index (χ0) is 26.2. The smallest absolute Gasteiger partial charge is 0.257 e. The Labute approximate surface area is 213 Å². The van der Waals surface area contributed by atoms with Gasteiger partial charge >= 0.3 is 0 Å². The van der Waals surface area contributed by atoms with Gasteiger partial charge in [0.2, 0.25) is 11.8 Å². The van der Waals surface area contributed by atoms with Crippen LogP contribution in [0.25, 0.3) is 5.65 Å². The first-order valence-electron chi connectivity index (χ1n) is 13.0. The second kappa shape index (κ2) is 10.2. The number of amides is 2. The van der Waals surface area contributed by atoms with E-state index in [4.69, 9.17) is 9.51 Å². The third kappa shape index (κ3) is 5.65. The molecular weight excluding hydrogens is 482 g/mol. The SMILES string of the molecule is CCCC(=O)N[C@@H](c1cnn2cc([C@@H](NC(=O)c3cnoc3C)C3CCC(F)(F)CC3)nc2c1)C1CC1. The maximum atomic E-state index is 13.9. The standard InChI is InChI=1S/C26H32F2N6O3/c1-3-4-22(35)32-23(16-5-6-16)18-11-21-31-20(14-34(21)29-12-18)24(17-7-9-26(27,28)10-8-17)33-25(36)19-13-30-37-15(19)2/h11-14,16-17,23-24H,3-10H2,1-2H3,(H,32,35)(H,33,36)/t23-,24+/m1/s1. The van der Waals surface area contributed by atoms with E-state index in [9.17, 15) is 18.4 Å². The van der Waals surface area contributed by atoms with E-state index in [2.05, 4.69) is 20.9 Å². The zero-order valence-corrected chi connectivity index (χ0v) is 21.0. The van der Waals surface area contributed by atoms with Crippen molar-refractivity contribution in [1.82, 2.24) is 30.4 Å². The largest absolute Gasteiger partial charge is 0.361 e. The fourth-order valence-corrected chi connectivity index (χ4v) is 5.17. The highest BCUT2D eigenvalue weighted by Crippen LogP contribution is 2.42. The molecule has 2 aliphatic carbocycles. The molecule has 2 saturated carbocycles. The lowest BCUT2D eigenvalue weighted by Gasteiger charge is -2.33. The van der Waals surface area contributed by atoms with E-state index >= 15 is 0 Å². The quantitative estimate of drug-likeness (QED) is 0.428. The number of hydrogen-bond donors (Lipinski definition) is 2. The van der Waals surface area contributed by atoms with Crippen LogP contribution in [0.1, 0.15) is 97.7 Å². The average molecular weight is 515 g/mol. The van der Waals surface area contributed by atoms with Crippen molar-refractivity contribution >= 4 is 17.5 Å². The highest BCUT2D eigenvalue weighted by Gasteiger charge is 2.40. The van der Waals surface area contributed by atoms with Crippen LogP contribution in [0.2, 0.25) is 0 Å². The topological polar surface area (TPSA) is 114 Å². The van der Waals surface area contributed by atoms with Crippen LogP contribution in [0.15, 0.2) is 29.2 Å². The molecule has 0 unspecified atom stereocenters. The van der Waals surface area contributed by atoms with Crippen molar-refractivity contribution in [1.29, 1.82) is 0 Å². The number of aryl methyl sites for hydroxylation is 1. The van der Waals surface area contributed by atoms with Crippen molar-refractivity contribution in [2.45, 2.75) is 83.2 Å². The number of carbonyl (C=O) groups excluding carboxylic acids is 2. The van der Waals surface area contributed by atoms with Gasteiger partial charge in [0.05, 0.1) is 36.4 Å². The minimum absolute atomic E-state index is 0.0178. The number of nitrogens with one attached hydrogen (secondary N) is 2. The molecule has 3 heterocycles. The van der Waals surface area contributed by atoms with Gasteiger partial charge in [-0.05, 0) is 62.5 Å². The van der Waals surface area contributed by atoms with Gasteiger partial charge in [-0.2, -0.15) is 5.10 Å². The molecule has 2 amide bonds. The lowest BCUT2D eigenvalue weighted by molar-refractivity contribution is -0.122. The van der Waals surface area contributed by atoms with Crippen LogP contribution < -0.4 is 10.6 Å². The van der Waals surface area contributed by atoms with Crippen LogP contribution in [0.4, 0.5) is 8.78 Å². The van der Waals surface area contributed by atoms with Crippen LogP contribution in [0.5, 0.6) is 0 Å². The van der Waals surface area contributed by atoms with Crippen molar-refractivity contribution in [2.24, 2.45) is 11.8 Å². The molecule has 2 N–H and O–H groups in total. The van der Waals surface area contributed by atoms with E-state index in [0.717, 1.165) is 24.8 Å². The number of alkyl halides is 2. The number of imidazole rings is 1. The number of halogens is 2. The Balaban J connectivity index is 1.43. The van der Waals surface area contributed by atoms with Gasteiger partial charge in [-0.25, -0.2) is 18.3 Å². The number of hydrogen-bond acceptors (Lipinski definition) is 6. The highest BCUT2D eigenvalue weighted by molar-refractivity contribution is 5.95. The molecular formula is C26H32F2N6O3. The lowest BCUT2D eigenvalue weighted by atomic mass is 9.81. The predicted molar refractivity (Wildman–Crippen MR) is 130 cm³/mol. The van der Waals surface area contributed by atoms with Gasteiger partial charge in [0.15, 0.2) is 5.65 Å². The summed E-state index contributed by atoms with van der Waals surface area (Å²) in [7, 11) is 0. The van der Waals surface area contributed by atoms with Crippen molar-refractivity contribution in [3.8, 4) is 0 Å². The van der Waals surface area contributed by atoms with Crippen LogP contribution in [0, 0.1) is 18.8 Å². The molecule has 2 aliphatic rings. The summed E-state index contributed by atoms with van der Waals surface area (Å²) in [6.07, 6.45) is 8.23. The molecule has 0 radical (unpaired) electrons. The monoisotopic (exact) mass is 514 g/mol. The minimum Gasteiger partial charge on any atom is -0.361 e. The fourth-order valence-electron chi connectivity index (χ4n) is 5.17. The second-order valence-electron chi connectivity index (χ2n) is 10.3. The molecule has 0 saturated heterocycles. The zero-order valence-electron chi connectivity index (χ0n) is 21.0. The molecule has 0 aromatic carbocycles. The van der Waals surface area contributed by atoms with E-state index in [1.165, 1.54) is 6.20 Å². The Morgan fingerprint density at radius 3 is 2.51 bits per heavy atom. The third-order valence-corrected chi connectivity index (χ3v) is 7.44. The normalized spacial score (nSPS) is 19.5. The van der Waals surface area contributed by atoms with Crippen LogP contribution >= 0.6 is 0 Å². The Hall–Kier alpha value is -3.37. The predicted octanol–water partition coefficient (Wildman–Crippen LogP) is 4.69. The van der Waals surface area contributed by atoms with Crippen LogP contribution in [0.3, 0.4) is 0 Å². The van der Waals surface area contributed by atoms with Gasteiger partial charge in [-0.1, -0.05) is 12.1 Å². The van der Waals surface area contributed by atoms with Gasteiger partial charge in [0, 0.05) is 19.3 Å². The summed E-state index contributed by atoms with van der Waals surface area (Å²) in [5.74, 6) is -2.51. The summed E-state index contributed by atoms with van der Waals surface area (Å²) in [5, 5.41) is 14.3. The molecule has 9 nitrogen and oxygen atoms in total. The molecule has 5 rings (SSSR count). The average Bonchev–Trinajstić information content (AvgIpc) is 3.47. The third-order valence-electron chi connectivity index (χ3n) is 7.44. The van der Waals surface area contributed by atoms with E-state index in [1.54, 1.807) is 23.8 Å². The summed E-state index contributed by atoms with van der Waals surface area (Å²) in [5.41, 5.74) is 2.31. The summed E-state index contributed by atoms with van der Waals surface area (Å²) in [4.78, 5) is 30.1. The van der Waals surface area contributed by atoms with E-state index in [-0.39, 0.29) is 49.5 Å². The molecule has 0 bridgehead atoms. The van der Waals surface area contributed by atoms with E-state index in [1.807, 2.05) is 13.0 Å². The molecule has 37 heavy (non-hydrogen) atoms. The first kappa shape index (κ1) is 25.3. The number of carbonyl (C=O) groups is 2. The Morgan fingerprint density at radius 2 is 1.86 bits per heavy atom. The molecule has 198 valence electrons. The van der Waals surface area contributed by atoms with Crippen LogP contribution in [-0.2, 0) is 4.79 Å². The first-order valence-corrected chi connectivity index (χ1v) is 13.0. The summed E-state index contributed by atoms with van der Waals surface area (Å²) >= 11 is 0. The maximum absolute atomic E-state index is 13.9. The van der Waals surface area contributed by atoms with Gasteiger partial charge in [0.1, 0.15) is 11.3 Å². The molecule has 2 atom stereocenters. The Bertz CT molecular complexity index is 1270. The van der Waals surface area contributed by atoms with E-state index < -0.39 is 12.0 Å². The van der Waals surface area contributed by atoms with Gasteiger partial charge in [0.25, 0.3) is 5.91 Å². The number of fused-ring (bicyclic) bond motifs is 1. The van der Waals surface area contributed by atoms with Gasteiger partial charge in [-0.3, -0.25) is 9.59 Å². The van der Waals surface area contributed by atoms with Gasteiger partial charge < -0.3 is 15.2 Å². The van der Waals surface area contributed by atoms with Crippen molar-refractivity contribution in [2.75, 3.05) is 0 Å². The lowest BCUT2D eigenvalue weighted by Crippen LogP contribution is -2.37. The fraction of sp³-hybridized carbons (Fsp3) is 0.577. The van der Waals surface area contributed by atoms with Crippen molar-refractivity contribution < 1.29 is 22.9 Å².